The van der Waals surface area contributed by atoms with E-state index >= 15 is 0 Å². The van der Waals surface area contributed by atoms with Gasteiger partial charge in [-0.3, -0.25) is 0 Å². The fraction of sp³-hybridized carbons (Fsp3) is 0.700. The summed E-state index contributed by atoms with van der Waals surface area (Å²) in [4.78, 5) is 0. The first-order valence-corrected chi connectivity index (χ1v) is 16.6. The molecule has 8 heteroatoms. The van der Waals surface area contributed by atoms with E-state index in [0.717, 1.165) is 36.1 Å². The van der Waals surface area contributed by atoms with Crippen LogP contribution in [-0.2, 0) is 23.4 Å². The molecular weight excluding hydrogens is 498 g/mol. The van der Waals surface area contributed by atoms with Crippen molar-refractivity contribution in [2.45, 2.75) is 90.5 Å². The molecule has 2 rings (SSSR count). The molecule has 1 aromatic rings. The Bertz CT molecular complexity index is 903. The molecule has 4 atom stereocenters. The summed E-state index contributed by atoms with van der Waals surface area (Å²) in [6, 6.07) is 10.2. The number of nitrogens with zero attached hydrogens (tertiary/aromatic N) is 1. The average molecular weight is 548 g/mol. The van der Waals surface area contributed by atoms with E-state index in [1.165, 1.54) is 0 Å². The fourth-order valence-corrected chi connectivity index (χ4v) is 5.07. The van der Waals surface area contributed by atoms with Crippen LogP contribution in [0.1, 0.15) is 65.7 Å². The number of benzene rings is 1. The molecule has 1 heterocycles. The third-order valence-electron chi connectivity index (χ3n) is 7.39. The summed E-state index contributed by atoms with van der Waals surface area (Å²) in [5.41, 5.74) is 2.00. The molecule has 0 N–H and O–H groups in total. The van der Waals surface area contributed by atoms with Crippen LogP contribution in [0.5, 0.6) is 5.75 Å². The normalized spacial score (nSPS) is 21.5. The number of nitriles is 1. The van der Waals surface area contributed by atoms with Gasteiger partial charge in [-0.25, -0.2) is 0 Å². The lowest BCUT2D eigenvalue weighted by molar-refractivity contribution is -0.0702. The van der Waals surface area contributed by atoms with Crippen molar-refractivity contribution in [3.63, 3.8) is 0 Å². The molecule has 7 nitrogen and oxygen atoms in total. The highest BCUT2D eigenvalue weighted by Gasteiger charge is 2.41. The number of hydrogen-bond donors (Lipinski definition) is 0. The average Bonchev–Trinajstić information content (AvgIpc) is 3.26. The molecule has 1 aromatic carbocycles. The maximum atomic E-state index is 9.65. The monoisotopic (exact) mass is 547 g/mol. The molecule has 0 radical (unpaired) electrons. The Morgan fingerprint density at radius 2 is 1.82 bits per heavy atom. The van der Waals surface area contributed by atoms with E-state index in [-0.39, 0.29) is 30.0 Å². The van der Waals surface area contributed by atoms with Gasteiger partial charge in [0.25, 0.3) is 0 Å². The fourth-order valence-electron chi connectivity index (χ4n) is 4.06. The van der Waals surface area contributed by atoms with Crippen molar-refractivity contribution in [2.24, 2.45) is 11.8 Å². The maximum absolute atomic E-state index is 9.65. The molecular formula is C30H49NO6Si. The van der Waals surface area contributed by atoms with Gasteiger partial charge in [-0.05, 0) is 61.0 Å². The van der Waals surface area contributed by atoms with Crippen molar-refractivity contribution in [2.75, 3.05) is 34.2 Å². The Balaban J connectivity index is 2.27. The summed E-state index contributed by atoms with van der Waals surface area (Å²) in [6.07, 6.45) is 3.44. The molecule has 0 bridgehead atoms. The second-order valence-corrected chi connectivity index (χ2v) is 16.8. The molecule has 1 fully saturated rings. The Labute approximate surface area is 231 Å². The van der Waals surface area contributed by atoms with Crippen LogP contribution in [0.2, 0.25) is 18.1 Å². The van der Waals surface area contributed by atoms with Crippen LogP contribution < -0.4 is 4.74 Å². The molecule has 0 saturated carbocycles. The molecule has 0 aliphatic carbocycles. The van der Waals surface area contributed by atoms with E-state index in [4.69, 9.17) is 28.1 Å². The van der Waals surface area contributed by atoms with Gasteiger partial charge in [0, 0.05) is 18.6 Å². The van der Waals surface area contributed by atoms with Gasteiger partial charge >= 0.3 is 0 Å². The first-order chi connectivity index (χ1) is 17.9. The van der Waals surface area contributed by atoms with E-state index in [1.807, 2.05) is 24.3 Å². The van der Waals surface area contributed by atoms with Crippen LogP contribution in [0.4, 0.5) is 0 Å². The van der Waals surface area contributed by atoms with Gasteiger partial charge in [-0.2, -0.15) is 5.26 Å². The zero-order valence-corrected chi connectivity index (χ0v) is 25.9. The minimum Gasteiger partial charge on any atom is -0.497 e. The number of methoxy groups -OCH3 is 2. The third-order valence-corrected chi connectivity index (χ3v) is 11.9. The number of hydrogen-bond acceptors (Lipinski definition) is 7. The largest absolute Gasteiger partial charge is 0.497 e. The molecule has 0 amide bonds. The third kappa shape index (κ3) is 10.1. The van der Waals surface area contributed by atoms with Gasteiger partial charge < -0.3 is 28.1 Å². The molecule has 1 aliphatic heterocycles. The lowest BCUT2D eigenvalue weighted by Crippen LogP contribution is -2.43. The zero-order valence-electron chi connectivity index (χ0n) is 24.9. The Morgan fingerprint density at radius 3 is 2.37 bits per heavy atom. The summed E-state index contributed by atoms with van der Waals surface area (Å²) < 4.78 is 35.6. The standard InChI is InChI=1S/C30H49NO6Si/c1-22(2)16-23(18-31)10-11-24(19-34-21-32-6)17-27-28(20-35-38(8,9)30(3,4)5)37-29(36-27)25-12-14-26(33-7)15-13-25/h12-15,17,22-23,27-29H,10-11,16,19-21H2,1-9H3/b24-17+/t23?,27-,28-,29?/m0/s1. The van der Waals surface area contributed by atoms with Crippen LogP contribution in [0.15, 0.2) is 35.9 Å². The predicted octanol–water partition coefficient (Wildman–Crippen LogP) is 7.01. The van der Waals surface area contributed by atoms with Crippen LogP contribution in [0.25, 0.3) is 0 Å². The van der Waals surface area contributed by atoms with Crippen molar-refractivity contribution in [3.05, 3.63) is 41.5 Å². The summed E-state index contributed by atoms with van der Waals surface area (Å²) in [5.74, 6) is 1.27. The highest BCUT2D eigenvalue weighted by Crippen LogP contribution is 2.39. The van der Waals surface area contributed by atoms with Gasteiger partial charge in [-0.1, -0.05) is 52.8 Å². The first kappa shape index (κ1) is 32.5. The minimum absolute atomic E-state index is 0.00587. The topological polar surface area (TPSA) is 79.2 Å². The van der Waals surface area contributed by atoms with Crippen molar-refractivity contribution in [1.29, 1.82) is 5.26 Å². The molecule has 1 aliphatic rings. The van der Waals surface area contributed by atoms with E-state index in [2.05, 4.69) is 59.9 Å². The number of rotatable bonds is 15. The minimum atomic E-state index is -1.98. The molecule has 0 spiro atoms. The second-order valence-electron chi connectivity index (χ2n) is 12.0. The van der Waals surface area contributed by atoms with Gasteiger partial charge in [0.2, 0.25) is 0 Å². The summed E-state index contributed by atoms with van der Waals surface area (Å²) >= 11 is 0. The molecule has 2 unspecified atom stereocenters. The first-order valence-electron chi connectivity index (χ1n) is 13.6. The Morgan fingerprint density at radius 1 is 1.13 bits per heavy atom. The summed E-state index contributed by atoms with van der Waals surface area (Å²) in [6.45, 7) is 16.6. The van der Waals surface area contributed by atoms with Crippen LogP contribution >= 0.6 is 0 Å². The second kappa shape index (κ2) is 15.2. The van der Waals surface area contributed by atoms with Crippen LogP contribution in [0.3, 0.4) is 0 Å². The van der Waals surface area contributed by atoms with Gasteiger partial charge in [0.05, 0.1) is 26.4 Å². The molecule has 214 valence electrons. The molecule has 38 heavy (non-hydrogen) atoms. The SMILES string of the molecule is COCOC/C(=C/[C@@H]1OC(c2ccc(OC)cc2)O[C@H]1CO[Si](C)(C)C(C)(C)C)CCC(C#N)CC(C)C. The molecule has 1 saturated heterocycles. The zero-order chi connectivity index (χ0) is 28.3. The van der Waals surface area contributed by atoms with Crippen molar-refractivity contribution >= 4 is 8.32 Å². The van der Waals surface area contributed by atoms with Gasteiger partial charge in [0.1, 0.15) is 24.8 Å². The van der Waals surface area contributed by atoms with E-state index in [1.54, 1.807) is 14.2 Å². The van der Waals surface area contributed by atoms with Crippen molar-refractivity contribution in [3.8, 4) is 11.8 Å². The van der Waals surface area contributed by atoms with Crippen molar-refractivity contribution in [1.82, 2.24) is 0 Å². The lowest BCUT2D eigenvalue weighted by Gasteiger charge is -2.37. The van der Waals surface area contributed by atoms with E-state index < -0.39 is 14.6 Å². The maximum Gasteiger partial charge on any atom is 0.192 e. The van der Waals surface area contributed by atoms with Crippen molar-refractivity contribution < 1.29 is 28.1 Å². The Hall–Kier alpha value is -1.73. The predicted molar refractivity (Wildman–Crippen MR) is 152 cm³/mol. The van der Waals surface area contributed by atoms with E-state index in [9.17, 15) is 5.26 Å². The highest BCUT2D eigenvalue weighted by atomic mass is 28.4. The van der Waals surface area contributed by atoms with Crippen LogP contribution in [-0.4, -0.2) is 54.8 Å². The summed E-state index contributed by atoms with van der Waals surface area (Å²) in [7, 11) is 1.28. The number of ether oxygens (including phenoxy) is 5. The van der Waals surface area contributed by atoms with E-state index in [0.29, 0.717) is 19.1 Å². The summed E-state index contributed by atoms with van der Waals surface area (Å²) in [5, 5.41) is 9.74. The Kier molecular flexibility index (Phi) is 13.0. The van der Waals surface area contributed by atoms with Gasteiger partial charge in [0.15, 0.2) is 14.6 Å². The van der Waals surface area contributed by atoms with Crippen LogP contribution in [0, 0.1) is 23.2 Å². The quantitative estimate of drug-likeness (QED) is 0.101. The van der Waals surface area contributed by atoms with Gasteiger partial charge in [-0.15, -0.1) is 0 Å². The highest BCUT2D eigenvalue weighted by molar-refractivity contribution is 6.74. The molecule has 0 aromatic heterocycles. The smallest absolute Gasteiger partial charge is 0.192 e. The lowest BCUT2D eigenvalue weighted by atomic mass is 9.92.